The van der Waals surface area contributed by atoms with Crippen LogP contribution < -0.4 is 5.32 Å². The molecule has 1 aromatic rings. The summed E-state index contributed by atoms with van der Waals surface area (Å²) in [5, 5.41) is 5.70. The molecular formula is C7H8N2O3. The van der Waals surface area contributed by atoms with Crippen molar-refractivity contribution >= 4 is 18.0 Å². The summed E-state index contributed by atoms with van der Waals surface area (Å²) in [5.41, 5.74) is 0. The third kappa shape index (κ3) is 2.45. The molecule has 12 heavy (non-hydrogen) atoms. The Labute approximate surface area is 69.0 Å². The zero-order valence-corrected chi connectivity index (χ0v) is 6.48. The standard InChI is InChI=1S/C7H8N2O3/c1-11-8-5-6(10)9-7-3-2-4-12-7/h2-5H,1H3,(H,9,10)/b8-5-. The molecule has 0 aromatic carbocycles. The van der Waals surface area contributed by atoms with Gasteiger partial charge >= 0.3 is 0 Å². The molecule has 5 heteroatoms. The lowest BCUT2D eigenvalue weighted by Crippen LogP contribution is -2.11. The lowest BCUT2D eigenvalue weighted by molar-refractivity contribution is -0.110. The van der Waals surface area contributed by atoms with E-state index in [1.54, 1.807) is 12.1 Å². The summed E-state index contributed by atoms with van der Waals surface area (Å²) in [6.45, 7) is 0. The Morgan fingerprint density at radius 3 is 3.25 bits per heavy atom. The molecule has 64 valence electrons. The molecule has 5 nitrogen and oxygen atoms in total. The first-order chi connectivity index (χ1) is 5.83. The smallest absolute Gasteiger partial charge is 0.272 e. The second kappa shape index (κ2) is 4.17. The Bertz CT molecular complexity index is 266. The highest BCUT2D eigenvalue weighted by Gasteiger charge is 1.99. The normalized spacial score (nSPS) is 10.1. The third-order valence-corrected chi connectivity index (χ3v) is 1.04. The van der Waals surface area contributed by atoms with Crippen LogP contribution in [0.3, 0.4) is 0 Å². The van der Waals surface area contributed by atoms with Crippen LogP contribution >= 0.6 is 0 Å². The number of amides is 1. The summed E-state index contributed by atoms with van der Waals surface area (Å²) >= 11 is 0. The van der Waals surface area contributed by atoms with Crippen LogP contribution in [-0.2, 0) is 9.63 Å². The van der Waals surface area contributed by atoms with Crippen molar-refractivity contribution < 1.29 is 14.0 Å². The van der Waals surface area contributed by atoms with Crippen molar-refractivity contribution in [3.63, 3.8) is 0 Å². The first-order valence-electron chi connectivity index (χ1n) is 3.24. The zero-order chi connectivity index (χ0) is 8.81. The number of anilines is 1. The van der Waals surface area contributed by atoms with Gasteiger partial charge in [0.25, 0.3) is 5.91 Å². The fourth-order valence-electron chi connectivity index (χ4n) is 0.604. The molecule has 0 saturated heterocycles. The Morgan fingerprint density at radius 1 is 1.83 bits per heavy atom. The van der Waals surface area contributed by atoms with E-state index in [1.807, 2.05) is 0 Å². The Balaban J connectivity index is 2.42. The van der Waals surface area contributed by atoms with Crippen LogP contribution in [0.1, 0.15) is 0 Å². The fraction of sp³-hybridized carbons (Fsp3) is 0.143. The highest BCUT2D eigenvalue weighted by molar-refractivity contribution is 6.31. The van der Waals surface area contributed by atoms with Crippen LogP contribution in [0.4, 0.5) is 5.88 Å². The van der Waals surface area contributed by atoms with Crippen LogP contribution in [0.5, 0.6) is 0 Å². The fourth-order valence-corrected chi connectivity index (χ4v) is 0.604. The molecule has 0 bridgehead atoms. The highest BCUT2D eigenvalue weighted by Crippen LogP contribution is 2.05. The van der Waals surface area contributed by atoms with Crippen LogP contribution in [0.2, 0.25) is 0 Å². The first kappa shape index (κ1) is 8.32. The van der Waals surface area contributed by atoms with Crippen molar-refractivity contribution in [3.8, 4) is 0 Å². The molecular weight excluding hydrogens is 160 g/mol. The van der Waals surface area contributed by atoms with Crippen molar-refractivity contribution in [1.29, 1.82) is 0 Å². The maximum absolute atomic E-state index is 10.9. The van der Waals surface area contributed by atoms with Crippen molar-refractivity contribution in [2.24, 2.45) is 5.16 Å². The van der Waals surface area contributed by atoms with E-state index in [4.69, 9.17) is 4.42 Å². The van der Waals surface area contributed by atoms with Crippen LogP contribution in [0.25, 0.3) is 0 Å². The molecule has 0 saturated carbocycles. The summed E-state index contributed by atoms with van der Waals surface area (Å²) in [5.74, 6) is -0.0191. The average Bonchev–Trinajstić information content (AvgIpc) is 2.53. The molecule has 0 aliphatic carbocycles. The molecule has 0 spiro atoms. The first-order valence-corrected chi connectivity index (χ1v) is 3.24. The molecule has 0 atom stereocenters. The molecule has 1 aromatic heterocycles. The predicted molar refractivity (Wildman–Crippen MR) is 42.8 cm³/mol. The monoisotopic (exact) mass is 168 g/mol. The van der Waals surface area contributed by atoms with Gasteiger partial charge in [-0.1, -0.05) is 5.16 Å². The minimum Gasteiger partial charge on any atom is -0.449 e. The number of nitrogens with one attached hydrogen (secondary N) is 1. The SMILES string of the molecule is CO/N=C\C(=O)Nc1ccco1. The van der Waals surface area contributed by atoms with Gasteiger partial charge in [-0.15, -0.1) is 0 Å². The second-order valence-electron chi connectivity index (χ2n) is 1.88. The van der Waals surface area contributed by atoms with Gasteiger partial charge in [-0.3, -0.25) is 10.1 Å². The number of hydrogen-bond donors (Lipinski definition) is 1. The van der Waals surface area contributed by atoms with Crippen molar-refractivity contribution in [2.75, 3.05) is 12.4 Å². The minimum atomic E-state index is -0.396. The van der Waals surface area contributed by atoms with Gasteiger partial charge in [0.15, 0.2) is 5.88 Å². The topological polar surface area (TPSA) is 63.8 Å². The van der Waals surface area contributed by atoms with Crippen molar-refractivity contribution in [2.45, 2.75) is 0 Å². The lowest BCUT2D eigenvalue weighted by atomic mass is 10.6. The summed E-state index contributed by atoms with van der Waals surface area (Å²) < 4.78 is 4.85. The maximum Gasteiger partial charge on any atom is 0.272 e. The third-order valence-electron chi connectivity index (χ3n) is 1.04. The summed E-state index contributed by atoms with van der Waals surface area (Å²) in [6, 6.07) is 3.29. The van der Waals surface area contributed by atoms with Gasteiger partial charge in [0.2, 0.25) is 0 Å². The summed E-state index contributed by atoms with van der Waals surface area (Å²) in [4.78, 5) is 15.2. The number of carbonyl (C=O) groups excluding carboxylic acids is 1. The van der Waals surface area contributed by atoms with E-state index in [9.17, 15) is 4.79 Å². The van der Waals surface area contributed by atoms with Gasteiger partial charge in [0.1, 0.15) is 13.3 Å². The molecule has 1 N–H and O–H groups in total. The maximum atomic E-state index is 10.9. The molecule has 1 heterocycles. The molecule has 0 radical (unpaired) electrons. The quantitative estimate of drug-likeness (QED) is 0.537. The molecule has 0 unspecified atom stereocenters. The van der Waals surface area contributed by atoms with Gasteiger partial charge in [-0.25, -0.2) is 0 Å². The number of oxime groups is 1. The molecule has 0 fully saturated rings. The van der Waals surface area contributed by atoms with Crippen LogP contribution in [-0.4, -0.2) is 19.2 Å². The largest absolute Gasteiger partial charge is 0.449 e. The Kier molecular flexibility index (Phi) is 2.89. The number of furan rings is 1. The molecule has 0 aliphatic rings. The zero-order valence-electron chi connectivity index (χ0n) is 6.48. The van der Waals surface area contributed by atoms with E-state index in [-0.39, 0.29) is 0 Å². The van der Waals surface area contributed by atoms with Gasteiger partial charge in [-0.2, -0.15) is 0 Å². The van der Waals surface area contributed by atoms with Gasteiger partial charge in [-0.05, 0) is 6.07 Å². The summed E-state index contributed by atoms with van der Waals surface area (Å²) in [7, 11) is 1.36. The number of carbonyl (C=O) groups is 1. The van der Waals surface area contributed by atoms with Crippen LogP contribution in [0, 0.1) is 0 Å². The van der Waals surface area contributed by atoms with Crippen LogP contribution in [0.15, 0.2) is 28.0 Å². The highest BCUT2D eigenvalue weighted by atomic mass is 16.6. The lowest BCUT2D eigenvalue weighted by Gasteiger charge is -1.93. The van der Waals surface area contributed by atoms with Crippen molar-refractivity contribution in [1.82, 2.24) is 0 Å². The average molecular weight is 168 g/mol. The Morgan fingerprint density at radius 2 is 2.67 bits per heavy atom. The predicted octanol–water partition coefficient (Wildman–Crippen LogP) is 0.850. The van der Waals surface area contributed by atoms with Gasteiger partial charge < -0.3 is 9.25 Å². The Hall–Kier alpha value is -1.78. The molecule has 0 aliphatic heterocycles. The van der Waals surface area contributed by atoms with E-state index in [1.165, 1.54) is 13.4 Å². The van der Waals surface area contributed by atoms with E-state index < -0.39 is 5.91 Å². The summed E-state index contributed by atoms with van der Waals surface area (Å²) in [6.07, 6.45) is 2.48. The van der Waals surface area contributed by atoms with Crippen molar-refractivity contribution in [3.05, 3.63) is 18.4 Å². The minimum absolute atomic E-state index is 0.377. The van der Waals surface area contributed by atoms with E-state index in [0.717, 1.165) is 6.21 Å². The molecule has 1 amide bonds. The van der Waals surface area contributed by atoms with E-state index in [0.29, 0.717) is 5.88 Å². The number of nitrogens with zero attached hydrogens (tertiary/aromatic N) is 1. The van der Waals surface area contributed by atoms with Gasteiger partial charge in [0, 0.05) is 6.07 Å². The van der Waals surface area contributed by atoms with E-state index in [2.05, 4.69) is 15.3 Å². The number of rotatable bonds is 3. The van der Waals surface area contributed by atoms with E-state index >= 15 is 0 Å². The number of hydrogen-bond acceptors (Lipinski definition) is 4. The second-order valence-corrected chi connectivity index (χ2v) is 1.88. The van der Waals surface area contributed by atoms with Gasteiger partial charge in [0.05, 0.1) is 6.26 Å². The molecule has 1 rings (SSSR count).